The first-order valence-electron chi connectivity index (χ1n) is 27.7. The number of rotatable bonds is 9. The fraction of sp³-hybridized carbons (Fsp3) is 0.301. The SMILES string of the molecule is CC(C)(C)c1ccnc(-c2[c-]cc(-c3cc(C(C)(C)C)ccc3C3CC(c4ccccc4-c4c[c-]c(-c5cc(C(C)(C)C)ccn5)cc4Br)CC(c4ccccc4-c4c[c-]c(-c5cc(C(C)(C)C)ccn5)cc4Br)C3)cc2)c1.[Ir+3]. The van der Waals surface area contributed by atoms with Crippen LogP contribution in [0.15, 0.2) is 173 Å². The number of halogens is 2. The Bertz CT molecular complexity index is 3480. The third-order valence-corrected chi connectivity index (χ3v) is 17.4. The van der Waals surface area contributed by atoms with Crippen molar-refractivity contribution in [2.75, 3.05) is 0 Å². The van der Waals surface area contributed by atoms with Crippen LogP contribution >= 0.6 is 31.9 Å². The molecule has 0 spiro atoms. The Balaban J connectivity index is 0.00000757. The average molecular weight is 1340 g/mol. The molecule has 10 rings (SSSR count). The Kier molecular flexibility index (Phi) is 17.0. The zero-order valence-corrected chi connectivity index (χ0v) is 53.4. The average Bonchev–Trinajstić information content (AvgIpc) is 3.56. The van der Waals surface area contributed by atoms with E-state index >= 15 is 0 Å². The van der Waals surface area contributed by atoms with Gasteiger partial charge in [-0.25, -0.2) is 0 Å². The van der Waals surface area contributed by atoms with Crippen molar-refractivity contribution in [2.45, 2.75) is 142 Å². The van der Waals surface area contributed by atoms with E-state index in [1.807, 2.05) is 18.6 Å². The molecule has 6 heteroatoms. The monoisotopic (exact) mass is 1340 g/mol. The van der Waals surface area contributed by atoms with E-state index in [9.17, 15) is 0 Å². The van der Waals surface area contributed by atoms with E-state index in [-0.39, 0.29) is 59.5 Å². The summed E-state index contributed by atoms with van der Waals surface area (Å²) in [5, 5.41) is 0. The summed E-state index contributed by atoms with van der Waals surface area (Å²) >= 11 is 8.19. The topological polar surface area (TPSA) is 38.7 Å². The minimum atomic E-state index is -0.0411. The molecule has 0 amide bonds. The molecular weight excluding hydrogens is 1270 g/mol. The summed E-state index contributed by atoms with van der Waals surface area (Å²) < 4.78 is 2.07. The van der Waals surface area contributed by atoms with Crippen LogP contribution in [-0.4, -0.2) is 15.0 Å². The van der Waals surface area contributed by atoms with Crippen LogP contribution in [0.5, 0.6) is 0 Å². The summed E-state index contributed by atoms with van der Waals surface area (Å²) in [5.41, 5.74) is 22.1. The number of nitrogens with zero attached hydrogens (tertiary/aromatic N) is 3. The van der Waals surface area contributed by atoms with Crippen molar-refractivity contribution < 1.29 is 20.1 Å². The van der Waals surface area contributed by atoms with Gasteiger partial charge in [0.15, 0.2) is 0 Å². The Morgan fingerprint density at radius 2 is 0.734 bits per heavy atom. The molecule has 0 bridgehead atoms. The van der Waals surface area contributed by atoms with E-state index < -0.39 is 0 Å². The standard InChI is InChI=1S/C73H72Br2N3.Ir/c1-70(2,3)53-27-30-59(64(42-53)46-21-23-47(24-22-46)67-43-54(31-34-76-67)71(4,5)6)52-38-50(57-17-13-15-19-60(57)62-28-25-48(40-65(62)74)68-44-55(32-35-77-68)72(7,8)9)37-51(39-52)58-18-14-16-20-61(58)63-29-26-49(41-66(63)75)69-45-56(33-36-78-69)73(10,11)12;/h13-23,27-36,40-45,50-52H,37-39H2,1-12H3;/q-3;+3. The molecule has 3 heterocycles. The number of hydrogen-bond donors (Lipinski definition) is 0. The van der Waals surface area contributed by atoms with E-state index in [0.29, 0.717) is 0 Å². The first-order chi connectivity index (χ1) is 37.0. The Hall–Kier alpha value is -5.62. The van der Waals surface area contributed by atoms with Crippen LogP contribution in [0.1, 0.15) is 159 Å². The van der Waals surface area contributed by atoms with Crippen molar-refractivity contribution in [3.63, 3.8) is 0 Å². The van der Waals surface area contributed by atoms with Crippen LogP contribution < -0.4 is 0 Å². The van der Waals surface area contributed by atoms with Crippen LogP contribution in [0.4, 0.5) is 0 Å². The largest absolute Gasteiger partial charge is 3.00 e. The summed E-state index contributed by atoms with van der Waals surface area (Å²) in [6.45, 7) is 27.2. The molecule has 1 saturated carbocycles. The van der Waals surface area contributed by atoms with Gasteiger partial charge < -0.3 is 15.0 Å². The van der Waals surface area contributed by atoms with Crippen LogP contribution in [-0.2, 0) is 41.8 Å². The van der Waals surface area contributed by atoms with Crippen molar-refractivity contribution >= 4 is 31.9 Å². The molecule has 0 saturated heterocycles. The molecule has 6 aromatic carbocycles. The molecule has 2 unspecified atom stereocenters. The molecule has 402 valence electrons. The number of pyridine rings is 3. The molecule has 79 heavy (non-hydrogen) atoms. The van der Waals surface area contributed by atoms with Gasteiger partial charge in [0.05, 0.1) is 0 Å². The van der Waals surface area contributed by atoms with E-state index in [2.05, 4.69) is 279 Å². The van der Waals surface area contributed by atoms with Gasteiger partial charge in [-0.3, -0.25) is 0 Å². The minimum absolute atomic E-state index is 0. The van der Waals surface area contributed by atoms with Gasteiger partial charge in [-0.05, 0) is 133 Å². The molecule has 9 aromatic rings. The molecule has 1 aliphatic carbocycles. The smallest absolute Gasteiger partial charge is 0.305 e. The quantitative estimate of drug-likeness (QED) is 0.135. The molecule has 0 radical (unpaired) electrons. The van der Waals surface area contributed by atoms with Gasteiger partial charge in [0.1, 0.15) is 0 Å². The van der Waals surface area contributed by atoms with Crippen molar-refractivity contribution in [3.8, 4) is 67.2 Å². The zero-order valence-electron chi connectivity index (χ0n) is 47.9. The van der Waals surface area contributed by atoms with Gasteiger partial charge >= 0.3 is 20.1 Å². The Morgan fingerprint density at radius 3 is 1.11 bits per heavy atom. The molecule has 0 aliphatic heterocycles. The molecule has 3 aromatic heterocycles. The van der Waals surface area contributed by atoms with E-state index in [1.54, 1.807) is 0 Å². The van der Waals surface area contributed by atoms with Gasteiger partial charge in [-0.2, -0.15) is 0 Å². The maximum atomic E-state index is 4.82. The van der Waals surface area contributed by atoms with Crippen LogP contribution in [0.3, 0.4) is 0 Å². The second-order valence-corrected chi connectivity index (χ2v) is 27.5. The fourth-order valence-electron chi connectivity index (χ4n) is 11.4. The Labute approximate surface area is 502 Å². The second-order valence-electron chi connectivity index (χ2n) is 25.8. The van der Waals surface area contributed by atoms with Gasteiger partial charge in [-0.1, -0.05) is 242 Å². The van der Waals surface area contributed by atoms with E-state index in [0.717, 1.165) is 73.1 Å². The molecular formula is C73H72Br2IrN3. The van der Waals surface area contributed by atoms with Crippen molar-refractivity contribution in [1.29, 1.82) is 0 Å². The summed E-state index contributed by atoms with van der Waals surface area (Å²) in [7, 11) is 0. The molecule has 3 nitrogen and oxygen atoms in total. The summed E-state index contributed by atoms with van der Waals surface area (Å²) in [5.74, 6) is 0.706. The predicted octanol–water partition coefficient (Wildman–Crippen LogP) is 20.8. The number of benzene rings is 6. The summed E-state index contributed by atoms with van der Waals surface area (Å²) in [4.78, 5) is 14.4. The van der Waals surface area contributed by atoms with Crippen LogP contribution in [0.2, 0.25) is 0 Å². The van der Waals surface area contributed by atoms with Crippen molar-refractivity contribution in [1.82, 2.24) is 15.0 Å². The molecule has 1 fully saturated rings. The van der Waals surface area contributed by atoms with Crippen molar-refractivity contribution in [3.05, 3.63) is 230 Å². The number of aromatic nitrogens is 3. The number of hydrogen-bond acceptors (Lipinski definition) is 3. The first kappa shape index (κ1) is 58.0. The van der Waals surface area contributed by atoms with Gasteiger partial charge in [0.2, 0.25) is 0 Å². The van der Waals surface area contributed by atoms with Gasteiger partial charge in [0, 0.05) is 18.6 Å². The summed E-state index contributed by atoms with van der Waals surface area (Å²) in [6, 6.07) is 65.0. The van der Waals surface area contributed by atoms with Crippen molar-refractivity contribution in [2.24, 2.45) is 0 Å². The molecule has 1 aliphatic rings. The third kappa shape index (κ3) is 12.8. The Morgan fingerprint density at radius 1 is 0.367 bits per heavy atom. The van der Waals surface area contributed by atoms with Gasteiger partial charge in [0.25, 0.3) is 0 Å². The minimum Gasteiger partial charge on any atom is -0.305 e. The second kappa shape index (κ2) is 23.1. The van der Waals surface area contributed by atoms with Crippen LogP contribution in [0, 0.1) is 18.2 Å². The maximum Gasteiger partial charge on any atom is 3.00 e. The molecule has 0 N–H and O–H groups in total. The van der Waals surface area contributed by atoms with Gasteiger partial charge in [-0.15, -0.1) is 77.4 Å². The summed E-state index contributed by atoms with van der Waals surface area (Å²) in [6.07, 6.45) is 8.77. The van der Waals surface area contributed by atoms with E-state index in [1.165, 1.54) is 61.2 Å². The predicted molar refractivity (Wildman–Crippen MR) is 334 cm³/mol. The zero-order chi connectivity index (χ0) is 55.3. The normalized spacial score (nSPS) is 16.1. The van der Waals surface area contributed by atoms with Crippen LogP contribution in [0.25, 0.3) is 67.2 Å². The molecule has 2 atom stereocenters. The first-order valence-corrected chi connectivity index (χ1v) is 29.3. The maximum absolute atomic E-state index is 4.82. The van der Waals surface area contributed by atoms with E-state index in [4.69, 9.17) is 15.0 Å². The fourth-order valence-corrected chi connectivity index (χ4v) is 12.5. The third-order valence-electron chi connectivity index (χ3n) is 16.1.